The first-order chi connectivity index (χ1) is 7.49. The summed E-state index contributed by atoms with van der Waals surface area (Å²) >= 11 is 0. The molecule has 0 atom stereocenters. The number of rotatable bonds is 4. The SMILES string of the molecule is Cc1cc(NC(=O)COC(C)C)ccc1F. The Bertz CT molecular complexity index is 377. The number of amides is 1. The van der Waals surface area contributed by atoms with Crippen molar-refractivity contribution in [3.63, 3.8) is 0 Å². The first-order valence-electron chi connectivity index (χ1n) is 5.16. The normalized spacial score (nSPS) is 10.6. The van der Waals surface area contributed by atoms with Crippen LogP contribution in [-0.2, 0) is 9.53 Å². The van der Waals surface area contributed by atoms with Crippen LogP contribution in [0.5, 0.6) is 0 Å². The number of nitrogens with one attached hydrogen (secondary N) is 1. The van der Waals surface area contributed by atoms with Gasteiger partial charge in [0.05, 0.1) is 6.10 Å². The van der Waals surface area contributed by atoms with E-state index in [1.807, 2.05) is 13.8 Å². The molecule has 0 aromatic heterocycles. The van der Waals surface area contributed by atoms with E-state index in [0.29, 0.717) is 11.3 Å². The molecule has 1 N–H and O–H groups in total. The highest BCUT2D eigenvalue weighted by Crippen LogP contribution is 2.13. The number of carbonyl (C=O) groups excluding carboxylic acids is 1. The summed E-state index contributed by atoms with van der Waals surface area (Å²) in [5.74, 6) is -0.517. The summed E-state index contributed by atoms with van der Waals surface area (Å²) in [6.45, 7) is 5.37. The summed E-state index contributed by atoms with van der Waals surface area (Å²) in [5.41, 5.74) is 1.08. The lowest BCUT2D eigenvalue weighted by Crippen LogP contribution is -2.20. The maximum absolute atomic E-state index is 13.0. The molecule has 0 bridgehead atoms. The van der Waals surface area contributed by atoms with Crippen molar-refractivity contribution in [2.24, 2.45) is 0 Å². The van der Waals surface area contributed by atoms with E-state index in [1.54, 1.807) is 13.0 Å². The number of hydrogen-bond acceptors (Lipinski definition) is 2. The first kappa shape index (κ1) is 12.6. The van der Waals surface area contributed by atoms with Gasteiger partial charge >= 0.3 is 0 Å². The van der Waals surface area contributed by atoms with E-state index in [0.717, 1.165) is 0 Å². The second-order valence-corrected chi connectivity index (χ2v) is 3.87. The largest absolute Gasteiger partial charge is 0.369 e. The lowest BCUT2D eigenvalue weighted by Gasteiger charge is -2.09. The summed E-state index contributed by atoms with van der Waals surface area (Å²) in [4.78, 5) is 11.4. The van der Waals surface area contributed by atoms with Crippen molar-refractivity contribution in [1.29, 1.82) is 0 Å². The van der Waals surface area contributed by atoms with Gasteiger partial charge in [-0.3, -0.25) is 4.79 Å². The molecule has 88 valence electrons. The molecule has 0 spiro atoms. The van der Waals surface area contributed by atoms with Gasteiger partial charge < -0.3 is 10.1 Å². The van der Waals surface area contributed by atoms with Gasteiger partial charge in [0.25, 0.3) is 0 Å². The van der Waals surface area contributed by atoms with E-state index in [-0.39, 0.29) is 24.4 Å². The topological polar surface area (TPSA) is 38.3 Å². The van der Waals surface area contributed by atoms with Crippen molar-refractivity contribution in [3.05, 3.63) is 29.6 Å². The van der Waals surface area contributed by atoms with Crippen molar-refractivity contribution in [2.75, 3.05) is 11.9 Å². The van der Waals surface area contributed by atoms with E-state index in [1.165, 1.54) is 12.1 Å². The number of ether oxygens (including phenoxy) is 1. The van der Waals surface area contributed by atoms with Gasteiger partial charge in [-0.15, -0.1) is 0 Å². The standard InChI is InChI=1S/C12H16FNO2/c1-8(2)16-7-12(15)14-10-4-5-11(13)9(3)6-10/h4-6,8H,7H2,1-3H3,(H,14,15). The molecule has 1 rings (SSSR count). The molecule has 0 saturated heterocycles. The summed E-state index contributed by atoms with van der Waals surface area (Å²) in [6, 6.07) is 4.44. The maximum atomic E-state index is 13.0. The lowest BCUT2D eigenvalue weighted by molar-refractivity contribution is -0.121. The summed E-state index contributed by atoms with van der Waals surface area (Å²) in [6.07, 6.45) is 0.0145. The monoisotopic (exact) mass is 225 g/mol. The molecule has 0 radical (unpaired) electrons. The molecular formula is C12H16FNO2. The van der Waals surface area contributed by atoms with Gasteiger partial charge in [0.1, 0.15) is 12.4 Å². The fraction of sp³-hybridized carbons (Fsp3) is 0.417. The average molecular weight is 225 g/mol. The van der Waals surface area contributed by atoms with Crippen LogP contribution in [0.4, 0.5) is 10.1 Å². The first-order valence-corrected chi connectivity index (χ1v) is 5.16. The molecule has 0 unspecified atom stereocenters. The highest BCUT2D eigenvalue weighted by Gasteiger charge is 2.05. The predicted octanol–water partition coefficient (Wildman–Crippen LogP) is 2.50. The Hall–Kier alpha value is -1.42. The molecule has 0 aliphatic carbocycles. The van der Waals surface area contributed by atoms with Crippen LogP contribution >= 0.6 is 0 Å². The van der Waals surface area contributed by atoms with Crippen LogP contribution in [0.3, 0.4) is 0 Å². The van der Waals surface area contributed by atoms with Crippen LogP contribution < -0.4 is 5.32 Å². The summed E-state index contributed by atoms with van der Waals surface area (Å²) in [7, 11) is 0. The number of halogens is 1. The number of benzene rings is 1. The third kappa shape index (κ3) is 3.98. The van der Waals surface area contributed by atoms with Crippen LogP contribution in [0.2, 0.25) is 0 Å². The molecule has 16 heavy (non-hydrogen) atoms. The van der Waals surface area contributed by atoms with Crippen LogP contribution in [0.1, 0.15) is 19.4 Å². The van der Waals surface area contributed by atoms with E-state index < -0.39 is 0 Å². The van der Waals surface area contributed by atoms with E-state index in [9.17, 15) is 9.18 Å². The maximum Gasteiger partial charge on any atom is 0.250 e. The van der Waals surface area contributed by atoms with Gasteiger partial charge in [-0.1, -0.05) is 0 Å². The Kier molecular flexibility index (Phi) is 4.43. The van der Waals surface area contributed by atoms with E-state index >= 15 is 0 Å². The number of aryl methyl sites for hydroxylation is 1. The fourth-order valence-electron chi connectivity index (χ4n) is 1.16. The summed E-state index contributed by atoms with van der Waals surface area (Å²) < 4.78 is 18.1. The zero-order valence-electron chi connectivity index (χ0n) is 9.71. The molecule has 1 aromatic carbocycles. The minimum absolute atomic E-state index is 0.00803. The lowest BCUT2D eigenvalue weighted by atomic mass is 10.2. The van der Waals surface area contributed by atoms with Crippen LogP contribution in [0, 0.1) is 12.7 Å². The highest BCUT2D eigenvalue weighted by molar-refractivity contribution is 5.91. The smallest absolute Gasteiger partial charge is 0.250 e. The number of carbonyl (C=O) groups is 1. The van der Waals surface area contributed by atoms with Gasteiger partial charge in [0, 0.05) is 5.69 Å². The zero-order chi connectivity index (χ0) is 12.1. The molecule has 0 aliphatic rings. The van der Waals surface area contributed by atoms with Crippen LogP contribution in [0.25, 0.3) is 0 Å². The van der Waals surface area contributed by atoms with Crippen molar-refractivity contribution in [1.82, 2.24) is 0 Å². The zero-order valence-corrected chi connectivity index (χ0v) is 9.71. The van der Waals surface area contributed by atoms with Gasteiger partial charge in [-0.2, -0.15) is 0 Å². The molecule has 3 nitrogen and oxygen atoms in total. The Balaban J connectivity index is 2.53. The molecule has 1 amide bonds. The Morgan fingerprint density at radius 2 is 2.19 bits per heavy atom. The van der Waals surface area contributed by atoms with Gasteiger partial charge in [-0.25, -0.2) is 4.39 Å². The van der Waals surface area contributed by atoms with E-state index in [4.69, 9.17) is 4.74 Å². The molecule has 4 heteroatoms. The van der Waals surface area contributed by atoms with E-state index in [2.05, 4.69) is 5.32 Å². The van der Waals surface area contributed by atoms with Crippen molar-refractivity contribution < 1.29 is 13.9 Å². The predicted molar refractivity (Wildman–Crippen MR) is 60.9 cm³/mol. The van der Waals surface area contributed by atoms with Gasteiger partial charge in [-0.05, 0) is 44.5 Å². The second-order valence-electron chi connectivity index (χ2n) is 3.87. The van der Waals surface area contributed by atoms with Gasteiger partial charge in [0.2, 0.25) is 5.91 Å². The third-order valence-corrected chi connectivity index (χ3v) is 1.99. The number of hydrogen-bond donors (Lipinski definition) is 1. The third-order valence-electron chi connectivity index (χ3n) is 1.99. The summed E-state index contributed by atoms with van der Waals surface area (Å²) in [5, 5.41) is 2.63. The highest BCUT2D eigenvalue weighted by atomic mass is 19.1. The Morgan fingerprint density at radius 3 is 2.75 bits per heavy atom. The molecule has 1 aromatic rings. The Morgan fingerprint density at radius 1 is 1.50 bits per heavy atom. The van der Waals surface area contributed by atoms with Crippen molar-refractivity contribution in [2.45, 2.75) is 26.9 Å². The molecule has 0 saturated carbocycles. The average Bonchev–Trinajstić information content (AvgIpc) is 2.21. The van der Waals surface area contributed by atoms with Gasteiger partial charge in [0.15, 0.2) is 0 Å². The van der Waals surface area contributed by atoms with Crippen LogP contribution in [0.15, 0.2) is 18.2 Å². The van der Waals surface area contributed by atoms with Crippen molar-refractivity contribution in [3.8, 4) is 0 Å². The van der Waals surface area contributed by atoms with Crippen molar-refractivity contribution >= 4 is 11.6 Å². The fourth-order valence-corrected chi connectivity index (χ4v) is 1.16. The Labute approximate surface area is 94.6 Å². The minimum Gasteiger partial charge on any atom is -0.369 e. The van der Waals surface area contributed by atoms with Crippen LogP contribution in [-0.4, -0.2) is 18.6 Å². The molecule has 0 fully saturated rings. The molecule has 0 heterocycles. The minimum atomic E-state index is -0.281. The number of anilines is 1. The molecular weight excluding hydrogens is 209 g/mol. The second kappa shape index (κ2) is 5.61. The quantitative estimate of drug-likeness (QED) is 0.855. The molecule has 0 aliphatic heterocycles.